The van der Waals surface area contributed by atoms with Crippen molar-refractivity contribution in [1.82, 2.24) is 0 Å². The molecule has 2 nitrogen and oxygen atoms in total. The van der Waals surface area contributed by atoms with Crippen molar-refractivity contribution >= 4 is 16.6 Å². The number of carbonyl (C=O) groups excluding carboxylic acids is 1. The summed E-state index contributed by atoms with van der Waals surface area (Å²) >= 11 is 0. The molecule has 0 aliphatic carbocycles. The van der Waals surface area contributed by atoms with Crippen LogP contribution < -0.4 is 0 Å². The van der Waals surface area contributed by atoms with Crippen LogP contribution in [-0.4, -0.2) is 15.7 Å². The van der Waals surface area contributed by atoms with Crippen LogP contribution in [-0.2, 0) is 10.8 Å². The molecular formula is C15H12F2O2S. The highest BCUT2D eigenvalue weighted by atomic mass is 32.2. The molecule has 0 radical (unpaired) electrons. The second-order valence-electron chi connectivity index (χ2n) is 4.35. The lowest BCUT2D eigenvalue weighted by Gasteiger charge is -2.04. The van der Waals surface area contributed by atoms with Crippen molar-refractivity contribution in [3.8, 4) is 0 Å². The monoisotopic (exact) mass is 294 g/mol. The zero-order valence-corrected chi connectivity index (χ0v) is 11.5. The first kappa shape index (κ1) is 14.5. The normalized spacial score (nSPS) is 12.2. The van der Waals surface area contributed by atoms with E-state index in [1.807, 2.05) is 6.92 Å². The Kier molecular flexibility index (Phi) is 4.39. The van der Waals surface area contributed by atoms with E-state index < -0.39 is 22.4 Å². The van der Waals surface area contributed by atoms with Crippen LogP contribution in [0.1, 0.15) is 15.9 Å². The predicted molar refractivity (Wildman–Crippen MR) is 73.1 cm³/mol. The molecule has 0 spiro atoms. The first-order valence-electron chi connectivity index (χ1n) is 5.90. The highest BCUT2D eigenvalue weighted by Crippen LogP contribution is 2.15. The van der Waals surface area contributed by atoms with Crippen LogP contribution in [0.4, 0.5) is 8.78 Å². The summed E-state index contributed by atoms with van der Waals surface area (Å²) in [4.78, 5) is 11.6. The van der Waals surface area contributed by atoms with E-state index in [2.05, 4.69) is 0 Å². The average molecular weight is 294 g/mol. The van der Waals surface area contributed by atoms with Crippen LogP contribution in [0.2, 0.25) is 0 Å². The van der Waals surface area contributed by atoms with Gasteiger partial charge < -0.3 is 0 Å². The number of benzene rings is 2. The Morgan fingerprint density at radius 3 is 2.40 bits per heavy atom. The maximum absolute atomic E-state index is 13.5. The molecule has 2 rings (SSSR count). The van der Waals surface area contributed by atoms with Gasteiger partial charge in [-0.2, -0.15) is 0 Å². The molecule has 0 saturated heterocycles. The number of carbonyl (C=O) groups is 1. The number of rotatable bonds is 4. The van der Waals surface area contributed by atoms with Gasteiger partial charge in [-0.1, -0.05) is 29.8 Å². The van der Waals surface area contributed by atoms with Crippen LogP contribution in [0.5, 0.6) is 0 Å². The van der Waals surface area contributed by atoms with E-state index >= 15 is 0 Å². The van der Waals surface area contributed by atoms with E-state index in [0.29, 0.717) is 5.56 Å². The molecule has 1 unspecified atom stereocenters. The Hall–Kier alpha value is -1.88. The third kappa shape index (κ3) is 3.36. The second kappa shape index (κ2) is 6.05. The van der Waals surface area contributed by atoms with Crippen LogP contribution >= 0.6 is 0 Å². The molecule has 0 N–H and O–H groups in total. The van der Waals surface area contributed by atoms with Crippen LogP contribution in [0.25, 0.3) is 0 Å². The molecule has 0 bridgehead atoms. The molecule has 1 atom stereocenters. The van der Waals surface area contributed by atoms with Crippen LogP contribution in [0, 0.1) is 18.6 Å². The van der Waals surface area contributed by atoms with E-state index in [9.17, 15) is 17.8 Å². The summed E-state index contributed by atoms with van der Waals surface area (Å²) in [6, 6.07) is 9.47. The lowest BCUT2D eigenvalue weighted by Crippen LogP contribution is -2.12. The van der Waals surface area contributed by atoms with Crippen LogP contribution in [0.3, 0.4) is 0 Å². The van der Waals surface area contributed by atoms with Gasteiger partial charge in [-0.3, -0.25) is 9.00 Å². The highest BCUT2D eigenvalue weighted by molar-refractivity contribution is 7.85. The zero-order chi connectivity index (χ0) is 14.7. The fourth-order valence-electron chi connectivity index (χ4n) is 1.67. The van der Waals surface area contributed by atoms with Gasteiger partial charge >= 0.3 is 0 Å². The van der Waals surface area contributed by atoms with Crippen molar-refractivity contribution < 1.29 is 17.8 Å². The largest absolute Gasteiger partial charge is 0.293 e. The van der Waals surface area contributed by atoms with E-state index in [-0.39, 0.29) is 16.4 Å². The Morgan fingerprint density at radius 2 is 1.75 bits per heavy atom. The van der Waals surface area contributed by atoms with Gasteiger partial charge in [-0.25, -0.2) is 8.78 Å². The van der Waals surface area contributed by atoms with E-state index in [4.69, 9.17) is 0 Å². The van der Waals surface area contributed by atoms with Gasteiger partial charge in [0.25, 0.3) is 0 Å². The van der Waals surface area contributed by atoms with Crippen molar-refractivity contribution in [3.63, 3.8) is 0 Å². The summed E-state index contributed by atoms with van der Waals surface area (Å²) in [7, 11) is -1.91. The topological polar surface area (TPSA) is 34.1 Å². The standard InChI is InChI=1S/C15H12F2O2S/c1-10-2-4-11(5-3-10)14(18)9-20(19)15-8-12(16)6-7-13(15)17/h2-8H,9H2,1H3. The molecule has 0 heterocycles. The van der Waals surface area contributed by atoms with Crippen molar-refractivity contribution in [2.75, 3.05) is 5.75 Å². The maximum atomic E-state index is 13.5. The minimum absolute atomic E-state index is 0.287. The van der Waals surface area contributed by atoms with E-state index in [1.165, 1.54) is 0 Å². The summed E-state index contributed by atoms with van der Waals surface area (Å²) in [6.07, 6.45) is 0. The quantitative estimate of drug-likeness (QED) is 0.811. The molecule has 0 aromatic heterocycles. The average Bonchev–Trinajstić information content (AvgIpc) is 2.42. The summed E-state index contributed by atoms with van der Waals surface area (Å²) in [5.74, 6) is -2.20. The molecule has 20 heavy (non-hydrogen) atoms. The Balaban J connectivity index is 2.17. The molecule has 0 aliphatic heterocycles. The Bertz CT molecular complexity index is 666. The molecular weight excluding hydrogens is 282 g/mol. The zero-order valence-electron chi connectivity index (χ0n) is 10.7. The molecule has 0 amide bonds. The number of ketones is 1. The highest BCUT2D eigenvalue weighted by Gasteiger charge is 2.16. The molecule has 2 aromatic rings. The minimum Gasteiger partial charge on any atom is -0.293 e. The van der Waals surface area contributed by atoms with Crippen LogP contribution in [0.15, 0.2) is 47.4 Å². The Labute approximate surface area is 117 Å². The molecule has 5 heteroatoms. The van der Waals surface area contributed by atoms with Gasteiger partial charge in [-0.05, 0) is 25.1 Å². The first-order chi connectivity index (χ1) is 9.47. The van der Waals surface area contributed by atoms with Crippen molar-refractivity contribution in [2.24, 2.45) is 0 Å². The fraction of sp³-hybridized carbons (Fsp3) is 0.133. The Morgan fingerprint density at radius 1 is 1.10 bits per heavy atom. The van der Waals surface area contributed by atoms with Crippen molar-refractivity contribution in [1.29, 1.82) is 0 Å². The van der Waals surface area contributed by atoms with Gasteiger partial charge in [-0.15, -0.1) is 0 Å². The van der Waals surface area contributed by atoms with Crippen molar-refractivity contribution in [3.05, 3.63) is 65.2 Å². The fourth-order valence-corrected chi connectivity index (χ4v) is 2.76. The maximum Gasteiger partial charge on any atom is 0.175 e. The summed E-state index contributed by atoms with van der Waals surface area (Å²) in [5, 5.41) is 0. The van der Waals surface area contributed by atoms with E-state index in [1.54, 1.807) is 24.3 Å². The third-order valence-electron chi connectivity index (χ3n) is 2.77. The number of hydrogen-bond acceptors (Lipinski definition) is 2. The smallest absolute Gasteiger partial charge is 0.175 e. The molecule has 0 saturated carbocycles. The molecule has 0 aliphatic rings. The number of aryl methyl sites for hydroxylation is 1. The predicted octanol–water partition coefficient (Wildman–Crippen LogP) is 3.26. The summed E-state index contributed by atoms with van der Waals surface area (Å²) in [5.41, 5.74) is 1.40. The lowest BCUT2D eigenvalue weighted by molar-refractivity contribution is 0.102. The number of Topliss-reactive ketones (excluding diaryl/α,β-unsaturated/α-hetero) is 1. The van der Waals surface area contributed by atoms with Gasteiger partial charge in [0, 0.05) is 5.56 Å². The molecule has 2 aromatic carbocycles. The van der Waals surface area contributed by atoms with Gasteiger partial charge in [0.2, 0.25) is 0 Å². The molecule has 104 valence electrons. The SMILES string of the molecule is Cc1ccc(C(=O)CS(=O)c2cc(F)ccc2F)cc1. The number of hydrogen-bond donors (Lipinski definition) is 0. The van der Waals surface area contributed by atoms with Gasteiger partial charge in [0.1, 0.15) is 11.6 Å². The summed E-state index contributed by atoms with van der Waals surface area (Å²) < 4.78 is 38.4. The summed E-state index contributed by atoms with van der Waals surface area (Å²) in [6.45, 7) is 1.88. The van der Waals surface area contributed by atoms with Gasteiger partial charge in [0.05, 0.1) is 21.4 Å². The van der Waals surface area contributed by atoms with Crippen molar-refractivity contribution in [2.45, 2.75) is 11.8 Å². The number of halogens is 2. The second-order valence-corrected chi connectivity index (χ2v) is 5.77. The lowest BCUT2D eigenvalue weighted by atomic mass is 10.1. The first-order valence-corrected chi connectivity index (χ1v) is 7.22. The molecule has 0 fully saturated rings. The van der Waals surface area contributed by atoms with Gasteiger partial charge in [0.15, 0.2) is 5.78 Å². The third-order valence-corrected chi connectivity index (χ3v) is 4.10. The van der Waals surface area contributed by atoms with E-state index in [0.717, 1.165) is 23.8 Å². The minimum atomic E-state index is -1.91.